The average Bonchev–Trinajstić information content (AvgIpc) is 2.25. The van der Waals surface area contributed by atoms with Crippen molar-refractivity contribution in [3.63, 3.8) is 0 Å². The Bertz CT molecular complexity index is 305. The first-order valence-corrected chi connectivity index (χ1v) is 5.80. The van der Waals surface area contributed by atoms with Crippen LogP contribution in [0.1, 0.15) is 12.5 Å². The van der Waals surface area contributed by atoms with Crippen LogP contribution in [0.25, 0.3) is 0 Å². The van der Waals surface area contributed by atoms with Crippen molar-refractivity contribution in [3.05, 3.63) is 28.2 Å². The van der Waals surface area contributed by atoms with Crippen molar-refractivity contribution in [2.24, 2.45) is 0 Å². The number of aliphatic hydroxyl groups is 1. The van der Waals surface area contributed by atoms with Crippen LogP contribution in [0.3, 0.4) is 0 Å². The van der Waals surface area contributed by atoms with Gasteiger partial charge in [0.05, 0.1) is 11.1 Å². The molecule has 3 nitrogen and oxygen atoms in total. The van der Waals surface area contributed by atoms with Gasteiger partial charge >= 0.3 is 0 Å². The van der Waals surface area contributed by atoms with Crippen molar-refractivity contribution >= 4 is 15.9 Å². The highest BCUT2D eigenvalue weighted by molar-refractivity contribution is 9.10. The second-order valence-electron chi connectivity index (χ2n) is 3.08. The Morgan fingerprint density at radius 1 is 1.47 bits per heavy atom. The molecule has 1 aromatic carbocycles. The number of hydrogen-bond donors (Lipinski definition) is 2. The van der Waals surface area contributed by atoms with Gasteiger partial charge in [0.15, 0.2) is 0 Å². The molecule has 0 amide bonds. The summed E-state index contributed by atoms with van der Waals surface area (Å²) in [6.45, 7) is 4.11. The second kappa shape index (κ2) is 6.82. The number of hydrogen-bond acceptors (Lipinski definition) is 3. The average molecular weight is 274 g/mol. The Morgan fingerprint density at radius 2 is 2.27 bits per heavy atom. The molecule has 0 saturated heterocycles. The highest BCUT2D eigenvalue weighted by atomic mass is 79.9. The van der Waals surface area contributed by atoms with Gasteiger partial charge in [-0.05, 0) is 28.5 Å². The van der Waals surface area contributed by atoms with Crippen molar-refractivity contribution in [1.82, 2.24) is 5.32 Å². The summed E-state index contributed by atoms with van der Waals surface area (Å²) in [7, 11) is 0. The fourth-order valence-corrected chi connectivity index (χ4v) is 1.78. The van der Waals surface area contributed by atoms with Crippen LogP contribution in [-0.2, 0) is 6.54 Å². The third-order valence-corrected chi connectivity index (χ3v) is 2.58. The monoisotopic (exact) mass is 273 g/mol. The van der Waals surface area contributed by atoms with Crippen LogP contribution in [0.5, 0.6) is 5.75 Å². The van der Waals surface area contributed by atoms with Crippen molar-refractivity contribution in [3.8, 4) is 5.75 Å². The van der Waals surface area contributed by atoms with Crippen molar-refractivity contribution in [2.45, 2.75) is 13.5 Å². The van der Waals surface area contributed by atoms with Crippen molar-refractivity contribution < 1.29 is 9.84 Å². The first kappa shape index (κ1) is 12.5. The molecule has 15 heavy (non-hydrogen) atoms. The van der Waals surface area contributed by atoms with E-state index in [1.807, 2.05) is 18.2 Å². The van der Waals surface area contributed by atoms with Crippen LogP contribution >= 0.6 is 15.9 Å². The number of nitrogens with one attached hydrogen (secondary N) is 1. The van der Waals surface area contributed by atoms with E-state index in [1.165, 1.54) is 0 Å². The minimum absolute atomic E-state index is 0.0297. The summed E-state index contributed by atoms with van der Waals surface area (Å²) in [5, 5.41) is 12.0. The molecule has 1 rings (SSSR count). The molecule has 0 aliphatic rings. The molecule has 0 fully saturated rings. The minimum atomic E-state index is 0.0297. The summed E-state index contributed by atoms with van der Waals surface area (Å²) in [6.07, 6.45) is 0. The standard InChI is InChI=1S/C11H16BrNO2/c1-2-13-8-9-4-3-5-10(12)11(9)15-7-6-14/h3-5,13-14H,2,6-8H2,1H3. The molecule has 0 heterocycles. The minimum Gasteiger partial charge on any atom is -0.490 e. The topological polar surface area (TPSA) is 41.5 Å². The van der Waals surface area contributed by atoms with E-state index in [9.17, 15) is 0 Å². The van der Waals surface area contributed by atoms with Gasteiger partial charge < -0.3 is 15.2 Å². The summed E-state index contributed by atoms with van der Waals surface area (Å²) < 4.78 is 6.40. The van der Waals surface area contributed by atoms with Gasteiger partial charge in [0.25, 0.3) is 0 Å². The number of para-hydroxylation sites is 1. The Hall–Kier alpha value is -0.580. The maximum absolute atomic E-state index is 8.73. The smallest absolute Gasteiger partial charge is 0.138 e. The first-order valence-electron chi connectivity index (χ1n) is 5.01. The van der Waals surface area contributed by atoms with E-state index in [0.717, 1.165) is 28.9 Å². The predicted molar refractivity (Wildman–Crippen MR) is 64.1 cm³/mol. The van der Waals surface area contributed by atoms with Crippen molar-refractivity contribution in [1.29, 1.82) is 0 Å². The lowest BCUT2D eigenvalue weighted by atomic mass is 10.2. The van der Waals surface area contributed by atoms with E-state index >= 15 is 0 Å². The highest BCUT2D eigenvalue weighted by Gasteiger charge is 2.06. The van der Waals surface area contributed by atoms with Crippen LogP contribution in [0.2, 0.25) is 0 Å². The molecule has 0 aromatic heterocycles. The SMILES string of the molecule is CCNCc1cccc(Br)c1OCCO. The molecule has 0 spiro atoms. The van der Waals surface area contributed by atoms with E-state index < -0.39 is 0 Å². The Kier molecular flexibility index (Phi) is 5.68. The van der Waals surface area contributed by atoms with Crippen LogP contribution in [0.15, 0.2) is 22.7 Å². The molecule has 0 saturated carbocycles. The van der Waals surface area contributed by atoms with E-state index in [-0.39, 0.29) is 6.61 Å². The molecular weight excluding hydrogens is 258 g/mol. The lowest BCUT2D eigenvalue weighted by molar-refractivity contribution is 0.199. The zero-order valence-electron chi connectivity index (χ0n) is 8.79. The van der Waals surface area contributed by atoms with Gasteiger partial charge in [-0.25, -0.2) is 0 Å². The molecular formula is C11H16BrNO2. The van der Waals surface area contributed by atoms with Gasteiger partial charge in [0, 0.05) is 12.1 Å². The molecule has 84 valence electrons. The molecule has 4 heteroatoms. The summed E-state index contributed by atoms with van der Waals surface area (Å²) in [6, 6.07) is 5.92. The number of rotatable bonds is 6. The Morgan fingerprint density at radius 3 is 2.93 bits per heavy atom. The van der Waals surface area contributed by atoms with Gasteiger partial charge in [0.2, 0.25) is 0 Å². The summed E-state index contributed by atoms with van der Waals surface area (Å²) in [5.41, 5.74) is 1.10. The Labute approximate surface area is 98.6 Å². The van der Waals surface area contributed by atoms with E-state index in [4.69, 9.17) is 9.84 Å². The number of aliphatic hydroxyl groups excluding tert-OH is 1. The summed E-state index contributed by atoms with van der Waals surface area (Å²) in [5.74, 6) is 0.812. The highest BCUT2D eigenvalue weighted by Crippen LogP contribution is 2.28. The van der Waals surface area contributed by atoms with Gasteiger partial charge in [-0.3, -0.25) is 0 Å². The number of halogens is 1. The van der Waals surface area contributed by atoms with E-state index in [0.29, 0.717) is 6.61 Å². The Balaban J connectivity index is 2.77. The lowest BCUT2D eigenvalue weighted by Gasteiger charge is -2.12. The van der Waals surface area contributed by atoms with Gasteiger partial charge in [-0.2, -0.15) is 0 Å². The predicted octanol–water partition coefficient (Wildman–Crippen LogP) is 1.93. The largest absolute Gasteiger partial charge is 0.490 e. The van der Waals surface area contributed by atoms with Gasteiger partial charge in [0.1, 0.15) is 12.4 Å². The number of ether oxygens (including phenoxy) is 1. The molecule has 0 atom stereocenters. The molecule has 0 aliphatic carbocycles. The molecule has 2 N–H and O–H groups in total. The van der Waals surface area contributed by atoms with Gasteiger partial charge in [-0.1, -0.05) is 19.1 Å². The normalized spacial score (nSPS) is 10.3. The van der Waals surface area contributed by atoms with Crippen LogP contribution < -0.4 is 10.1 Å². The first-order chi connectivity index (χ1) is 7.29. The summed E-state index contributed by atoms with van der Waals surface area (Å²) >= 11 is 3.43. The second-order valence-corrected chi connectivity index (χ2v) is 3.93. The van der Waals surface area contributed by atoms with E-state index in [1.54, 1.807) is 0 Å². The molecule has 1 aromatic rings. The zero-order chi connectivity index (χ0) is 11.1. The quantitative estimate of drug-likeness (QED) is 0.833. The van der Waals surface area contributed by atoms with Crippen LogP contribution in [0.4, 0.5) is 0 Å². The fraction of sp³-hybridized carbons (Fsp3) is 0.455. The van der Waals surface area contributed by atoms with Gasteiger partial charge in [-0.15, -0.1) is 0 Å². The summed E-state index contributed by atoms with van der Waals surface area (Å²) in [4.78, 5) is 0. The third-order valence-electron chi connectivity index (χ3n) is 1.95. The maximum Gasteiger partial charge on any atom is 0.138 e. The third kappa shape index (κ3) is 3.81. The van der Waals surface area contributed by atoms with Crippen LogP contribution in [-0.4, -0.2) is 24.9 Å². The zero-order valence-corrected chi connectivity index (χ0v) is 10.4. The fourth-order valence-electron chi connectivity index (χ4n) is 1.26. The number of benzene rings is 1. The molecule has 0 unspecified atom stereocenters. The molecule has 0 radical (unpaired) electrons. The van der Waals surface area contributed by atoms with Crippen molar-refractivity contribution in [2.75, 3.05) is 19.8 Å². The maximum atomic E-state index is 8.73. The van der Waals surface area contributed by atoms with Crippen LogP contribution in [0, 0.1) is 0 Å². The molecule has 0 bridgehead atoms. The van der Waals surface area contributed by atoms with E-state index in [2.05, 4.69) is 28.2 Å². The lowest BCUT2D eigenvalue weighted by Crippen LogP contribution is -2.13. The molecule has 0 aliphatic heterocycles.